The lowest BCUT2D eigenvalue weighted by Gasteiger charge is -2.43. The van der Waals surface area contributed by atoms with Crippen molar-refractivity contribution in [3.8, 4) is 17.3 Å². The number of halogens is 2. The number of nitrogens with zero attached hydrogens (tertiary/aromatic N) is 3. The Labute approximate surface area is 246 Å². The average molecular weight is 595 g/mol. The molecule has 4 saturated carbocycles. The number of ether oxygens (including phenoxy) is 1. The number of benzene rings is 2. The van der Waals surface area contributed by atoms with E-state index in [0.29, 0.717) is 57.6 Å². The zero-order chi connectivity index (χ0) is 27.6. The number of rotatable bonds is 6. The predicted octanol–water partition coefficient (Wildman–Crippen LogP) is 8.24. The molecule has 2 aromatic heterocycles. The van der Waals surface area contributed by atoms with Gasteiger partial charge in [-0.25, -0.2) is 4.98 Å². The minimum atomic E-state index is -1.01. The minimum absolute atomic E-state index is 0.00920. The van der Waals surface area contributed by atoms with E-state index in [0.717, 1.165) is 58.7 Å². The van der Waals surface area contributed by atoms with Crippen LogP contribution in [0.2, 0.25) is 10.0 Å². The quantitative estimate of drug-likeness (QED) is 0.242. The van der Waals surface area contributed by atoms with Crippen molar-refractivity contribution in [3.05, 3.63) is 68.3 Å². The van der Waals surface area contributed by atoms with Crippen LogP contribution >= 0.6 is 34.5 Å². The monoisotopic (exact) mass is 593 g/mol. The number of thiazole rings is 1. The van der Waals surface area contributed by atoms with Crippen molar-refractivity contribution in [3.63, 3.8) is 0 Å². The van der Waals surface area contributed by atoms with Crippen LogP contribution in [0.15, 0.2) is 40.9 Å². The zero-order valence-electron chi connectivity index (χ0n) is 22.1. The van der Waals surface area contributed by atoms with Gasteiger partial charge in [0.25, 0.3) is 0 Å². The van der Waals surface area contributed by atoms with E-state index in [4.69, 9.17) is 37.4 Å². The summed E-state index contributed by atoms with van der Waals surface area (Å²) in [7, 11) is 0. The molecule has 0 radical (unpaired) electrons. The minimum Gasteiger partial charge on any atom is -0.382 e. The Morgan fingerprint density at radius 1 is 1.18 bits per heavy atom. The molecule has 1 N–H and O–H groups in total. The normalized spacial score (nSPS) is 28.1. The van der Waals surface area contributed by atoms with Gasteiger partial charge >= 0.3 is 0 Å². The molecular formula is C31H29Cl2N3O3S. The smallest absolute Gasteiger partial charge is 0.145 e. The largest absolute Gasteiger partial charge is 0.382 e. The molecule has 4 fully saturated rings. The lowest BCUT2D eigenvalue weighted by molar-refractivity contribution is -0.0913. The topological polar surface area (TPSA) is 92.2 Å². The van der Waals surface area contributed by atoms with Crippen LogP contribution in [0.5, 0.6) is 0 Å². The summed E-state index contributed by atoms with van der Waals surface area (Å²) in [5, 5.41) is 27.8. The summed E-state index contributed by atoms with van der Waals surface area (Å²) in [6.07, 6.45) is 5.52. The van der Waals surface area contributed by atoms with Crippen molar-refractivity contribution in [2.75, 3.05) is 0 Å². The fourth-order valence-electron chi connectivity index (χ4n) is 7.00. The van der Waals surface area contributed by atoms with Gasteiger partial charge < -0.3 is 14.4 Å². The standard InChI is InChI=1S/C31H29Cl2N3O3S/c1-16-9-18-10-20(12-22(16)31(37,13-18)30-35-25-8-5-17(14-34)11-26(25)40-30)38-15-21-28(36-39-29(21)19-6-7-19)27-23(32)3-2-4-24(27)33/h2-5,8,11,16,18-20,22,37H,6-7,9-10,12-13,15H2,1H3/t16-,18+,20+,22+,31-/m0/s1. The zero-order valence-corrected chi connectivity index (χ0v) is 24.4. The van der Waals surface area contributed by atoms with Crippen molar-refractivity contribution in [2.45, 2.75) is 69.7 Å². The highest BCUT2D eigenvalue weighted by atomic mass is 35.5. The van der Waals surface area contributed by atoms with Crippen LogP contribution in [0.1, 0.15) is 73.3 Å². The summed E-state index contributed by atoms with van der Waals surface area (Å²) < 4.78 is 13.4. The van der Waals surface area contributed by atoms with Crippen LogP contribution in [-0.4, -0.2) is 21.4 Å². The Bertz CT molecular complexity index is 1620. The van der Waals surface area contributed by atoms with Gasteiger partial charge in [0.2, 0.25) is 0 Å². The van der Waals surface area contributed by atoms with Gasteiger partial charge in [-0.3, -0.25) is 0 Å². The molecule has 0 amide bonds. The molecule has 9 heteroatoms. The van der Waals surface area contributed by atoms with Crippen molar-refractivity contribution in [2.24, 2.45) is 17.8 Å². The van der Waals surface area contributed by atoms with Gasteiger partial charge in [0, 0.05) is 17.0 Å². The van der Waals surface area contributed by atoms with Crippen LogP contribution in [-0.2, 0) is 16.9 Å². The molecule has 0 aliphatic heterocycles. The second kappa shape index (κ2) is 10.1. The van der Waals surface area contributed by atoms with E-state index >= 15 is 0 Å². The second-order valence-corrected chi connectivity index (χ2v) is 13.6. The maximum Gasteiger partial charge on any atom is 0.145 e. The number of hydrogen-bond donors (Lipinski definition) is 1. The van der Waals surface area contributed by atoms with Crippen molar-refractivity contribution >= 4 is 44.8 Å². The fraction of sp³-hybridized carbons (Fsp3) is 0.452. The van der Waals surface area contributed by atoms with Crippen LogP contribution in [0.3, 0.4) is 0 Å². The van der Waals surface area contributed by atoms with E-state index in [2.05, 4.69) is 18.1 Å². The van der Waals surface area contributed by atoms with Crippen molar-refractivity contribution in [1.29, 1.82) is 5.26 Å². The number of aliphatic hydroxyl groups is 1. The first-order chi connectivity index (χ1) is 19.3. The fourth-order valence-corrected chi connectivity index (χ4v) is 8.75. The first kappa shape index (κ1) is 26.4. The molecule has 4 aliphatic carbocycles. The SMILES string of the molecule is C[C@H]1C[C@@H]2C[C@@H](OCc3c(-c4c(Cl)cccc4Cl)noc3C3CC3)C[C@H]1[C@](O)(c1nc3ccc(C#N)cc3s1)C2. The van der Waals surface area contributed by atoms with Crippen molar-refractivity contribution in [1.82, 2.24) is 10.1 Å². The van der Waals surface area contributed by atoms with Gasteiger partial charge in [-0.05, 0) is 86.6 Å². The number of hydrogen-bond acceptors (Lipinski definition) is 7. The van der Waals surface area contributed by atoms with Gasteiger partial charge in [0.15, 0.2) is 0 Å². The number of fused-ring (bicyclic) bond motifs is 5. The molecule has 0 unspecified atom stereocenters. The number of nitriles is 1. The van der Waals surface area contributed by atoms with Crippen LogP contribution in [0, 0.1) is 29.1 Å². The molecule has 2 heterocycles. The molecule has 2 aromatic carbocycles. The van der Waals surface area contributed by atoms with Crippen LogP contribution in [0.25, 0.3) is 21.5 Å². The molecular weight excluding hydrogens is 565 g/mol. The van der Waals surface area contributed by atoms with E-state index in [1.807, 2.05) is 30.3 Å². The second-order valence-electron chi connectivity index (χ2n) is 11.8. The Morgan fingerprint density at radius 2 is 1.98 bits per heavy atom. The van der Waals surface area contributed by atoms with Crippen LogP contribution in [0.4, 0.5) is 0 Å². The summed E-state index contributed by atoms with van der Waals surface area (Å²) in [6, 6.07) is 13.2. The van der Waals surface area contributed by atoms with E-state index < -0.39 is 5.60 Å². The predicted molar refractivity (Wildman–Crippen MR) is 155 cm³/mol. The van der Waals surface area contributed by atoms with Gasteiger partial charge in [0.05, 0.1) is 44.6 Å². The summed E-state index contributed by atoms with van der Waals surface area (Å²) in [4.78, 5) is 4.86. The molecule has 8 rings (SSSR count). The van der Waals surface area contributed by atoms with Gasteiger partial charge in [-0.1, -0.05) is 41.3 Å². The van der Waals surface area contributed by atoms with E-state index in [1.54, 1.807) is 6.07 Å². The van der Waals surface area contributed by atoms with Gasteiger partial charge in [0.1, 0.15) is 22.1 Å². The maximum atomic E-state index is 12.2. The lowest BCUT2D eigenvalue weighted by Crippen LogP contribution is -2.43. The molecule has 4 aliphatic rings. The van der Waals surface area contributed by atoms with Gasteiger partial charge in [-0.2, -0.15) is 5.26 Å². The highest BCUT2D eigenvalue weighted by Gasteiger charge is 2.52. The third-order valence-electron chi connectivity index (χ3n) is 9.04. The summed E-state index contributed by atoms with van der Waals surface area (Å²) in [6.45, 7) is 2.61. The van der Waals surface area contributed by atoms with E-state index in [1.165, 1.54) is 11.3 Å². The van der Waals surface area contributed by atoms with Crippen LogP contribution < -0.4 is 0 Å². The summed E-state index contributed by atoms with van der Waals surface area (Å²) in [5.41, 5.74) is 2.69. The Morgan fingerprint density at radius 3 is 2.73 bits per heavy atom. The molecule has 2 bridgehead atoms. The Kier molecular flexibility index (Phi) is 6.68. The lowest BCUT2D eigenvalue weighted by atomic mass is 9.67. The van der Waals surface area contributed by atoms with Gasteiger partial charge in [-0.15, -0.1) is 11.3 Å². The third kappa shape index (κ3) is 4.55. The highest BCUT2D eigenvalue weighted by Crippen LogP contribution is 2.55. The van der Waals surface area contributed by atoms with E-state index in [-0.39, 0.29) is 12.0 Å². The third-order valence-corrected chi connectivity index (χ3v) is 10.9. The molecule has 4 aromatic rings. The first-order valence-corrected chi connectivity index (χ1v) is 15.5. The molecule has 6 nitrogen and oxygen atoms in total. The Hall–Kier alpha value is -2.47. The Balaban J connectivity index is 1.17. The molecule has 0 saturated heterocycles. The summed E-state index contributed by atoms with van der Waals surface area (Å²) in [5.74, 6) is 1.92. The average Bonchev–Trinajstić information content (AvgIpc) is 3.61. The van der Waals surface area contributed by atoms with Crippen molar-refractivity contribution < 1.29 is 14.4 Å². The highest BCUT2D eigenvalue weighted by molar-refractivity contribution is 7.18. The molecule has 5 atom stereocenters. The summed E-state index contributed by atoms with van der Waals surface area (Å²) >= 11 is 14.6. The van der Waals surface area contributed by atoms with E-state index in [9.17, 15) is 10.4 Å². The molecule has 40 heavy (non-hydrogen) atoms. The molecule has 206 valence electrons. The maximum absolute atomic E-state index is 12.2. The first-order valence-electron chi connectivity index (χ1n) is 13.9. The molecule has 0 spiro atoms. The number of aromatic nitrogens is 2.